The SMILES string of the molecule is COCOC(=O)C(=O)CCC(C)=O. The molecular weight excluding hydrogens is 176 g/mol. The normalized spacial score (nSPS) is 9.38. The fourth-order valence-corrected chi connectivity index (χ4v) is 0.585. The molecule has 0 aliphatic heterocycles. The van der Waals surface area contributed by atoms with Crippen LogP contribution in [0.15, 0.2) is 0 Å². The van der Waals surface area contributed by atoms with Crippen LogP contribution in [0.2, 0.25) is 0 Å². The van der Waals surface area contributed by atoms with Crippen molar-refractivity contribution in [1.29, 1.82) is 0 Å². The lowest BCUT2D eigenvalue weighted by Crippen LogP contribution is -2.19. The van der Waals surface area contributed by atoms with Gasteiger partial charge in [0.05, 0.1) is 0 Å². The van der Waals surface area contributed by atoms with Gasteiger partial charge in [-0.2, -0.15) is 0 Å². The van der Waals surface area contributed by atoms with Crippen LogP contribution in [0.3, 0.4) is 0 Å². The molecule has 13 heavy (non-hydrogen) atoms. The number of rotatable bonds is 6. The summed E-state index contributed by atoms with van der Waals surface area (Å²) in [5.41, 5.74) is 0. The molecule has 0 aliphatic rings. The molecular formula is C8H12O5. The smallest absolute Gasteiger partial charge is 0.376 e. The summed E-state index contributed by atoms with van der Waals surface area (Å²) in [5, 5.41) is 0. The zero-order valence-electron chi connectivity index (χ0n) is 7.66. The molecule has 5 heteroatoms. The number of hydrogen-bond acceptors (Lipinski definition) is 5. The Morgan fingerprint density at radius 3 is 2.23 bits per heavy atom. The predicted octanol–water partition coefficient (Wildman–Crippen LogP) is 0.0718. The van der Waals surface area contributed by atoms with Gasteiger partial charge in [-0.25, -0.2) is 4.79 Å². The zero-order chi connectivity index (χ0) is 10.3. The van der Waals surface area contributed by atoms with E-state index < -0.39 is 11.8 Å². The van der Waals surface area contributed by atoms with Gasteiger partial charge in [-0.15, -0.1) is 0 Å². The van der Waals surface area contributed by atoms with Crippen LogP contribution in [0, 0.1) is 0 Å². The fourth-order valence-electron chi connectivity index (χ4n) is 0.585. The zero-order valence-corrected chi connectivity index (χ0v) is 7.66. The molecule has 0 aromatic heterocycles. The lowest BCUT2D eigenvalue weighted by atomic mass is 10.2. The summed E-state index contributed by atoms with van der Waals surface area (Å²) >= 11 is 0. The van der Waals surface area contributed by atoms with Gasteiger partial charge in [0.1, 0.15) is 5.78 Å². The van der Waals surface area contributed by atoms with E-state index in [0.29, 0.717) is 0 Å². The van der Waals surface area contributed by atoms with Crippen molar-refractivity contribution in [2.75, 3.05) is 13.9 Å². The lowest BCUT2D eigenvalue weighted by molar-refractivity contribution is -0.161. The van der Waals surface area contributed by atoms with E-state index in [1.54, 1.807) is 0 Å². The maximum Gasteiger partial charge on any atom is 0.376 e. The number of methoxy groups -OCH3 is 1. The molecule has 0 fully saturated rings. The monoisotopic (exact) mass is 188 g/mol. The highest BCUT2D eigenvalue weighted by atomic mass is 16.7. The van der Waals surface area contributed by atoms with Crippen molar-refractivity contribution >= 4 is 17.5 Å². The third-order valence-corrected chi connectivity index (χ3v) is 1.24. The molecule has 5 nitrogen and oxygen atoms in total. The van der Waals surface area contributed by atoms with Gasteiger partial charge in [-0.05, 0) is 6.92 Å². The highest BCUT2D eigenvalue weighted by Crippen LogP contribution is 1.94. The molecule has 0 radical (unpaired) electrons. The summed E-state index contributed by atoms with van der Waals surface area (Å²) in [4.78, 5) is 32.1. The van der Waals surface area contributed by atoms with Crippen molar-refractivity contribution in [3.63, 3.8) is 0 Å². The summed E-state index contributed by atoms with van der Waals surface area (Å²) in [6.45, 7) is 1.11. The Bertz CT molecular complexity index is 209. The fraction of sp³-hybridized carbons (Fsp3) is 0.625. The van der Waals surface area contributed by atoms with E-state index in [4.69, 9.17) is 0 Å². The Morgan fingerprint density at radius 2 is 1.77 bits per heavy atom. The van der Waals surface area contributed by atoms with Gasteiger partial charge in [0.15, 0.2) is 6.79 Å². The van der Waals surface area contributed by atoms with Crippen molar-refractivity contribution < 1.29 is 23.9 Å². The molecule has 0 spiro atoms. The van der Waals surface area contributed by atoms with Crippen molar-refractivity contribution in [3.05, 3.63) is 0 Å². The summed E-state index contributed by atoms with van der Waals surface area (Å²) in [7, 11) is 1.34. The van der Waals surface area contributed by atoms with Gasteiger partial charge in [-0.3, -0.25) is 4.79 Å². The summed E-state index contributed by atoms with van der Waals surface area (Å²) in [6, 6.07) is 0. The molecule has 0 saturated heterocycles. The Morgan fingerprint density at radius 1 is 1.15 bits per heavy atom. The minimum absolute atomic E-state index is 0.0704. The lowest BCUT2D eigenvalue weighted by Gasteiger charge is -2.00. The van der Waals surface area contributed by atoms with Crippen LogP contribution in [0.4, 0.5) is 0 Å². The van der Waals surface area contributed by atoms with E-state index in [1.165, 1.54) is 14.0 Å². The van der Waals surface area contributed by atoms with E-state index in [1.807, 2.05) is 0 Å². The van der Waals surface area contributed by atoms with Gasteiger partial charge in [0.2, 0.25) is 5.78 Å². The number of hydrogen-bond donors (Lipinski definition) is 0. The van der Waals surface area contributed by atoms with Crippen molar-refractivity contribution in [1.82, 2.24) is 0 Å². The predicted molar refractivity (Wildman–Crippen MR) is 42.9 cm³/mol. The quantitative estimate of drug-likeness (QED) is 0.335. The molecule has 0 bridgehead atoms. The second-order valence-corrected chi connectivity index (χ2v) is 2.46. The van der Waals surface area contributed by atoms with Crippen molar-refractivity contribution in [2.24, 2.45) is 0 Å². The topological polar surface area (TPSA) is 69.7 Å². The van der Waals surface area contributed by atoms with Gasteiger partial charge in [0, 0.05) is 20.0 Å². The second kappa shape index (κ2) is 6.30. The molecule has 0 saturated carbocycles. The van der Waals surface area contributed by atoms with Crippen LogP contribution >= 0.6 is 0 Å². The van der Waals surface area contributed by atoms with Gasteiger partial charge in [0.25, 0.3) is 0 Å². The Hall–Kier alpha value is -1.23. The Labute approximate surface area is 76.0 Å². The number of carbonyl (C=O) groups is 3. The van der Waals surface area contributed by atoms with E-state index >= 15 is 0 Å². The minimum Gasteiger partial charge on any atom is -0.433 e. The summed E-state index contributed by atoms with van der Waals surface area (Å²) in [5.74, 6) is -1.79. The standard InChI is InChI=1S/C8H12O5/c1-6(9)3-4-7(10)8(11)13-5-12-2/h3-5H2,1-2H3. The first-order chi connectivity index (χ1) is 6.07. The van der Waals surface area contributed by atoms with Crippen molar-refractivity contribution in [2.45, 2.75) is 19.8 Å². The van der Waals surface area contributed by atoms with Gasteiger partial charge >= 0.3 is 5.97 Å². The number of Topliss-reactive ketones (excluding diaryl/α,β-unsaturated/α-hetero) is 2. The van der Waals surface area contributed by atoms with E-state index in [9.17, 15) is 14.4 Å². The van der Waals surface area contributed by atoms with E-state index in [2.05, 4.69) is 9.47 Å². The third-order valence-electron chi connectivity index (χ3n) is 1.24. The average molecular weight is 188 g/mol. The maximum absolute atomic E-state index is 10.9. The average Bonchev–Trinajstić information content (AvgIpc) is 2.10. The Balaban J connectivity index is 3.70. The van der Waals surface area contributed by atoms with Gasteiger partial charge in [-0.1, -0.05) is 0 Å². The maximum atomic E-state index is 10.9. The highest BCUT2D eigenvalue weighted by Gasteiger charge is 2.15. The van der Waals surface area contributed by atoms with Crippen molar-refractivity contribution in [3.8, 4) is 0 Å². The molecule has 0 atom stereocenters. The van der Waals surface area contributed by atoms with Gasteiger partial charge < -0.3 is 14.3 Å². The molecule has 0 aromatic carbocycles. The highest BCUT2D eigenvalue weighted by molar-refractivity contribution is 6.33. The number of esters is 1. The minimum atomic E-state index is -0.955. The van der Waals surface area contributed by atoms with Crippen LogP contribution in [0.1, 0.15) is 19.8 Å². The van der Waals surface area contributed by atoms with E-state index in [0.717, 1.165) is 0 Å². The molecule has 0 N–H and O–H groups in total. The molecule has 0 unspecified atom stereocenters. The van der Waals surface area contributed by atoms with E-state index in [-0.39, 0.29) is 25.4 Å². The summed E-state index contributed by atoms with van der Waals surface area (Å²) in [6.07, 6.45) is -0.0290. The molecule has 0 heterocycles. The first-order valence-electron chi connectivity index (χ1n) is 3.76. The van der Waals surface area contributed by atoms with Crippen LogP contribution < -0.4 is 0 Å². The second-order valence-electron chi connectivity index (χ2n) is 2.46. The number of ether oxygens (including phenoxy) is 2. The molecule has 74 valence electrons. The first kappa shape index (κ1) is 11.8. The van der Waals surface area contributed by atoms with Crippen LogP contribution in [0.25, 0.3) is 0 Å². The van der Waals surface area contributed by atoms with Crippen LogP contribution in [-0.4, -0.2) is 31.4 Å². The molecule has 0 amide bonds. The Kier molecular flexibility index (Phi) is 5.71. The largest absolute Gasteiger partial charge is 0.433 e. The molecule has 0 rings (SSSR count). The van der Waals surface area contributed by atoms with Crippen LogP contribution in [0.5, 0.6) is 0 Å². The van der Waals surface area contributed by atoms with Crippen LogP contribution in [-0.2, 0) is 23.9 Å². The number of ketones is 2. The third kappa shape index (κ3) is 5.98. The molecule has 0 aliphatic carbocycles. The first-order valence-corrected chi connectivity index (χ1v) is 3.76. The summed E-state index contributed by atoms with van der Waals surface area (Å²) < 4.78 is 8.79. The number of carbonyl (C=O) groups excluding carboxylic acids is 3. The molecule has 0 aromatic rings.